The fourth-order valence-corrected chi connectivity index (χ4v) is 1.77. The van der Waals surface area contributed by atoms with E-state index in [-0.39, 0.29) is 0 Å². The molecule has 0 bridgehead atoms. The number of hydrogen-bond acceptors (Lipinski definition) is 3. The Morgan fingerprint density at radius 2 is 2.13 bits per heavy atom. The highest BCUT2D eigenvalue weighted by Gasteiger charge is 2.21. The molecule has 15 heavy (non-hydrogen) atoms. The summed E-state index contributed by atoms with van der Waals surface area (Å²) in [5.74, 6) is 0.328. The largest absolute Gasteiger partial charge is 0.388 e. The molecule has 0 aromatic rings. The normalized spacial score (nSPS) is 18.7. The summed E-state index contributed by atoms with van der Waals surface area (Å²) in [6.07, 6.45) is 3.33. The van der Waals surface area contributed by atoms with Gasteiger partial charge in [-0.3, -0.25) is 5.41 Å². The monoisotopic (exact) mass is 212 g/mol. The summed E-state index contributed by atoms with van der Waals surface area (Å²) in [5.41, 5.74) is 7.68. The second-order valence-corrected chi connectivity index (χ2v) is 3.92. The average molecular weight is 212 g/mol. The maximum Gasteiger partial charge on any atom is 0.211 e. The molecule has 6 nitrogen and oxygen atoms in total. The molecule has 4 N–H and O–H groups in total. The maximum absolute atomic E-state index is 7.69. The van der Waals surface area contributed by atoms with Crippen molar-refractivity contribution in [3.8, 4) is 0 Å². The number of piperidine rings is 1. The summed E-state index contributed by atoms with van der Waals surface area (Å²) in [4.78, 5) is 4.22. The topological polar surface area (TPSA) is 80.7 Å². The zero-order valence-corrected chi connectivity index (χ0v) is 9.40. The second-order valence-electron chi connectivity index (χ2n) is 3.92. The van der Waals surface area contributed by atoms with Crippen molar-refractivity contribution in [1.29, 1.82) is 5.41 Å². The minimum Gasteiger partial charge on any atom is -0.388 e. The average Bonchev–Trinajstić information content (AvgIpc) is 2.26. The Bertz CT molecular complexity index is 229. The van der Waals surface area contributed by atoms with Crippen molar-refractivity contribution >= 4 is 12.3 Å². The van der Waals surface area contributed by atoms with Gasteiger partial charge in [-0.2, -0.15) is 5.10 Å². The van der Waals surface area contributed by atoms with Gasteiger partial charge in [0, 0.05) is 19.1 Å². The number of nitrogens with one attached hydrogen (secondary N) is 2. The first-order chi connectivity index (χ1) is 7.15. The van der Waals surface area contributed by atoms with Gasteiger partial charge in [-0.05, 0) is 26.9 Å². The van der Waals surface area contributed by atoms with Crippen molar-refractivity contribution in [2.45, 2.75) is 18.9 Å². The Kier molecular flexibility index (Phi) is 4.36. The zero-order chi connectivity index (χ0) is 11.3. The van der Waals surface area contributed by atoms with Crippen LogP contribution in [0.2, 0.25) is 0 Å². The Morgan fingerprint density at radius 3 is 2.60 bits per heavy atom. The fourth-order valence-electron chi connectivity index (χ4n) is 1.77. The van der Waals surface area contributed by atoms with E-state index in [1.54, 1.807) is 0 Å². The molecule has 1 rings (SSSR count). The highest BCUT2D eigenvalue weighted by Crippen LogP contribution is 2.13. The molecule has 0 aromatic heterocycles. The van der Waals surface area contributed by atoms with Crippen LogP contribution in [0.1, 0.15) is 12.8 Å². The second kappa shape index (κ2) is 5.55. The lowest BCUT2D eigenvalue weighted by Crippen LogP contribution is -2.47. The van der Waals surface area contributed by atoms with Crippen molar-refractivity contribution in [1.82, 2.24) is 15.2 Å². The first kappa shape index (κ1) is 11.8. The van der Waals surface area contributed by atoms with Crippen LogP contribution >= 0.6 is 0 Å². The number of hydrogen-bond donors (Lipinski definition) is 3. The minimum absolute atomic E-state index is 0.328. The van der Waals surface area contributed by atoms with Crippen LogP contribution in [0.5, 0.6) is 0 Å². The summed E-state index contributed by atoms with van der Waals surface area (Å²) in [7, 11) is 4.20. The minimum atomic E-state index is 0.328. The quantitative estimate of drug-likeness (QED) is 0.325. The molecule has 0 saturated carbocycles. The van der Waals surface area contributed by atoms with Crippen molar-refractivity contribution in [3.63, 3.8) is 0 Å². The van der Waals surface area contributed by atoms with Gasteiger partial charge in [-0.25, -0.2) is 5.43 Å². The SMILES string of the molecule is CN(C)C1CCN(C(=N)N/N=C/N)CC1. The standard InChI is InChI=1S/C9H20N6/c1-14(2)8-3-5-15(6-4-8)9(11)13-12-7-10/h7-8H,3-6H2,1-2H3,(H2,10,12)(H2,11,13). The van der Waals surface area contributed by atoms with Crippen molar-refractivity contribution in [3.05, 3.63) is 0 Å². The molecule has 1 fully saturated rings. The Morgan fingerprint density at radius 1 is 1.53 bits per heavy atom. The van der Waals surface area contributed by atoms with Crippen LogP contribution < -0.4 is 11.2 Å². The number of nitrogens with two attached hydrogens (primary N) is 1. The van der Waals surface area contributed by atoms with Gasteiger partial charge in [0.25, 0.3) is 0 Å². The summed E-state index contributed by atoms with van der Waals surface area (Å²) in [6.45, 7) is 1.80. The molecule has 0 aliphatic carbocycles. The van der Waals surface area contributed by atoms with Crippen LogP contribution in [-0.4, -0.2) is 55.3 Å². The van der Waals surface area contributed by atoms with Gasteiger partial charge in [0.1, 0.15) is 6.34 Å². The van der Waals surface area contributed by atoms with E-state index in [9.17, 15) is 0 Å². The lowest BCUT2D eigenvalue weighted by Gasteiger charge is -2.35. The summed E-state index contributed by atoms with van der Waals surface area (Å²) in [6, 6.07) is 0.632. The highest BCUT2D eigenvalue weighted by atomic mass is 15.4. The maximum atomic E-state index is 7.69. The lowest BCUT2D eigenvalue weighted by molar-refractivity contribution is 0.188. The molecule has 86 valence electrons. The third kappa shape index (κ3) is 3.39. The van der Waals surface area contributed by atoms with Gasteiger partial charge in [0.15, 0.2) is 0 Å². The lowest BCUT2D eigenvalue weighted by atomic mass is 10.0. The van der Waals surface area contributed by atoms with Gasteiger partial charge in [-0.15, -0.1) is 0 Å². The van der Waals surface area contributed by atoms with E-state index in [0.29, 0.717) is 12.0 Å². The number of hydrazone groups is 1. The Hall–Kier alpha value is -1.30. The summed E-state index contributed by atoms with van der Waals surface area (Å²) >= 11 is 0. The van der Waals surface area contributed by atoms with Crippen LogP contribution in [0, 0.1) is 5.41 Å². The van der Waals surface area contributed by atoms with Crippen LogP contribution in [0.4, 0.5) is 0 Å². The molecule has 0 unspecified atom stereocenters. The van der Waals surface area contributed by atoms with Gasteiger partial charge in [0.05, 0.1) is 0 Å². The van der Waals surface area contributed by atoms with Crippen LogP contribution in [0.25, 0.3) is 0 Å². The van der Waals surface area contributed by atoms with Crippen molar-refractivity contribution < 1.29 is 0 Å². The van der Waals surface area contributed by atoms with E-state index in [2.05, 4.69) is 29.5 Å². The molecule has 1 saturated heterocycles. The smallest absolute Gasteiger partial charge is 0.211 e. The summed E-state index contributed by atoms with van der Waals surface area (Å²) < 4.78 is 0. The molecule has 0 spiro atoms. The van der Waals surface area contributed by atoms with E-state index < -0.39 is 0 Å². The van der Waals surface area contributed by atoms with Gasteiger partial charge in [0.2, 0.25) is 5.96 Å². The first-order valence-corrected chi connectivity index (χ1v) is 5.14. The van der Waals surface area contributed by atoms with E-state index in [1.165, 1.54) is 0 Å². The fraction of sp³-hybridized carbons (Fsp3) is 0.778. The molecule has 0 amide bonds. The van der Waals surface area contributed by atoms with E-state index in [1.807, 2.05) is 4.90 Å². The Balaban J connectivity index is 2.33. The predicted molar refractivity (Wildman–Crippen MR) is 61.8 cm³/mol. The third-order valence-electron chi connectivity index (χ3n) is 2.76. The number of nitrogens with zero attached hydrogens (tertiary/aromatic N) is 3. The van der Waals surface area contributed by atoms with Crippen LogP contribution in [0.15, 0.2) is 5.10 Å². The Labute approximate surface area is 90.6 Å². The molecule has 0 aromatic carbocycles. The van der Waals surface area contributed by atoms with Crippen molar-refractivity contribution in [2.24, 2.45) is 10.8 Å². The molecule has 1 aliphatic heterocycles. The van der Waals surface area contributed by atoms with Crippen LogP contribution in [0.3, 0.4) is 0 Å². The number of guanidine groups is 1. The molecule has 0 radical (unpaired) electrons. The molecule has 6 heteroatoms. The van der Waals surface area contributed by atoms with Gasteiger partial charge < -0.3 is 15.5 Å². The molecular formula is C9H20N6. The zero-order valence-electron chi connectivity index (χ0n) is 9.40. The van der Waals surface area contributed by atoms with Gasteiger partial charge >= 0.3 is 0 Å². The number of rotatable bonds is 2. The van der Waals surface area contributed by atoms with E-state index in [4.69, 9.17) is 11.1 Å². The predicted octanol–water partition coefficient (Wildman–Crippen LogP) is -0.561. The third-order valence-corrected chi connectivity index (χ3v) is 2.76. The van der Waals surface area contributed by atoms with E-state index in [0.717, 1.165) is 32.3 Å². The van der Waals surface area contributed by atoms with Crippen molar-refractivity contribution in [2.75, 3.05) is 27.2 Å². The molecule has 1 aliphatic rings. The number of likely N-dealkylation sites (tertiary alicyclic amines) is 1. The molecule has 0 atom stereocenters. The van der Waals surface area contributed by atoms with Crippen LogP contribution in [-0.2, 0) is 0 Å². The van der Waals surface area contributed by atoms with E-state index >= 15 is 0 Å². The summed E-state index contributed by atoms with van der Waals surface area (Å²) in [5, 5.41) is 11.3. The first-order valence-electron chi connectivity index (χ1n) is 5.14. The van der Waals surface area contributed by atoms with Gasteiger partial charge in [-0.1, -0.05) is 0 Å². The highest BCUT2D eigenvalue weighted by molar-refractivity contribution is 5.77. The molecule has 1 heterocycles. The molecular weight excluding hydrogens is 192 g/mol.